The molecule has 0 saturated carbocycles. The van der Waals surface area contributed by atoms with E-state index in [1.54, 1.807) is 13.2 Å². The molecule has 0 bridgehead atoms. The quantitative estimate of drug-likeness (QED) is 0.197. The Morgan fingerprint density at radius 1 is 1.07 bits per heavy atom. The molecule has 4 nitrogen and oxygen atoms in total. The summed E-state index contributed by atoms with van der Waals surface area (Å²) in [4.78, 5) is 12.2. The minimum Gasteiger partial charge on any atom is -0.493 e. The van der Waals surface area contributed by atoms with Crippen LogP contribution in [0.2, 0.25) is 0 Å². The number of benzene rings is 2. The molecule has 2 aromatic rings. The van der Waals surface area contributed by atoms with Gasteiger partial charge < -0.3 is 14.2 Å². The van der Waals surface area contributed by atoms with Crippen molar-refractivity contribution in [3.63, 3.8) is 0 Å². The van der Waals surface area contributed by atoms with Crippen molar-refractivity contribution in [2.45, 2.75) is 40.0 Å². The first kappa shape index (κ1) is 22.0. The Hall–Kier alpha value is -2.27. The molecule has 0 aromatic heterocycles. The van der Waals surface area contributed by atoms with Crippen LogP contribution in [0.3, 0.4) is 0 Å². The number of hydrogen-bond donors (Lipinski definition) is 0. The number of ether oxygens (including phenoxy) is 3. The monoisotopic (exact) mass is 446 g/mol. The first-order valence-electron chi connectivity index (χ1n) is 9.42. The third-order valence-corrected chi connectivity index (χ3v) is 4.69. The highest BCUT2D eigenvalue weighted by atomic mass is 79.9. The Kier molecular flexibility index (Phi) is 8.58. The van der Waals surface area contributed by atoms with Crippen LogP contribution < -0.4 is 14.2 Å². The summed E-state index contributed by atoms with van der Waals surface area (Å²) in [6.07, 6.45) is 6.43. The van der Waals surface area contributed by atoms with E-state index in [4.69, 9.17) is 14.2 Å². The van der Waals surface area contributed by atoms with Crippen molar-refractivity contribution < 1.29 is 19.0 Å². The topological polar surface area (TPSA) is 44.8 Å². The van der Waals surface area contributed by atoms with Crippen LogP contribution in [0.4, 0.5) is 0 Å². The fourth-order valence-electron chi connectivity index (χ4n) is 2.80. The molecule has 5 heteroatoms. The first-order valence-corrected chi connectivity index (χ1v) is 10.2. The number of hydrogen-bond acceptors (Lipinski definition) is 4. The van der Waals surface area contributed by atoms with Crippen molar-refractivity contribution in [3.8, 4) is 17.2 Å². The second-order valence-electron chi connectivity index (χ2n) is 6.59. The van der Waals surface area contributed by atoms with Gasteiger partial charge in [0.15, 0.2) is 11.5 Å². The Bertz CT molecular complexity index is 819. The predicted molar refractivity (Wildman–Crippen MR) is 116 cm³/mol. The smallest absolute Gasteiger partial charge is 0.336 e. The lowest BCUT2D eigenvalue weighted by atomic mass is 10.1. The van der Waals surface area contributed by atoms with Gasteiger partial charge in [0.25, 0.3) is 0 Å². The molecule has 0 aliphatic rings. The van der Waals surface area contributed by atoms with Crippen LogP contribution in [0.15, 0.2) is 40.9 Å². The van der Waals surface area contributed by atoms with Crippen molar-refractivity contribution in [2.75, 3.05) is 13.7 Å². The van der Waals surface area contributed by atoms with E-state index >= 15 is 0 Å². The fraction of sp³-hybridized carbons (Fsp3) is 0.348. The highest BCUT2D eigenvalue weighted by Crippen LogP contribution is 2.29. The van der Waals surface area contributed by atoms with Crippen molar-refractivity contribution in [2.24, 2.45) is 0 Å². The van der Waals surface area contributed by atoms with Crippen molar-refractivity contribution in [1.82, 2.24) is 0 Å². The summed E-state index contributed by atoms with van der Waals surface area (Å²) < 4.78 is 17.7. The lowest BCUT2D eigenvalue weighted by Gasteiger charge is -2.11. The average molecular weight is 447 g/mol. The molecule has 2 rings (SSSR count). The van der Waals surface area contributed by atoms with E-state index < -0.39 is 5.97 Å². The van der Waals surface area contributed by atoms with Crippen LogP contribution in [-0.2, 0) is 4.79 Å². The molecule has 0 amide bonds. The second kappa shape index (κ2) is 10.9. The van der Waals surface area contributed by atoms with E-state index in [1.807, 2.05) is 44.2 Å². The lowest BCUT2D eigenvalue weighted by Crippen LogP contribution is -2.06. The largest absolute Gasteiger partial charge is 0.493 e. The fourth-order valence-corrected chi connectivity index (χ4v) is 3.49. The number of halogens is 1. The van der Waals surface area contributed by atoms with E-state index in [-0.39, 0.29) is 0 Å². The Balaban J connectivity index is 2.04. The number of carbonyl (C=O) groups excluding carboxylic acids is 1. The zero-order chi connectivity index (χ0) is 20.5. The second-order valence-corrected chi connectivity index (χ2v) is 7.50. The van der Waals surface area contributed by atoms with Gasteiger partial charge in [-0.3, -0.25) is 0 Å². The van der Waals surface area contributed by atoms with E-state index in [1.165, 1.54) is 6.08 Å². The van der Waals surface area contributed by atoms with Gasteiger partial charge in [-0.1, -0.05) is 41.8 Å². The van der Waals surface area contributed by atoms with Gasteiger partial charge in [-0.25, -0.2) is 4.79 Å². The van der Waals surface area contributed by atoms with E-state index in [2.05, 4.69) is 22.9 Å². The van der Waals surface area contributed by atoms with Gasteiger partial charge in [0.2, 0.25) is 0 Å². The summed E-state index contributed by atoms with van der Waals surface area (Å²) in [6, 6.07) is 9.43. The predicted octanol–water partition coefficient (Wildman–Crippen LogP) is 6.26. The molecule has 28 heavy (non-hydrogen) atoms. The van der Waals surface area contributed by atoms with Gasteiger partial charge in [-0.05, 0) is 67.3 Å². The van der Waals surface area contributed by atoms with Crippen LogP contribution in [0, 0.1) is 13.8 Å². The number of unbranched alkanes of at least 4 members (excludes halogenated alkanes) is 2. The summed E-state index contributed by atoms with van der Waals surface area (Å²) in [5, 5.41) is 0. The van der Waals surface area contributed by atoms with Crippen LogP contribution in [0.25, 0.3) is 6.08 Å². The zero-order valence-corrected chi connectivity index (χ0v) is 18.5. The minimum atomic E-state index is -0.424. The maximum atomic E-state index is 12.2. The molecule has 0 fully saturated rings. The van der Waals surface area contributed by atoms with Crippen LogP contribution in [0.5, 0.6) is 17.2 Å². The van der Waals surface area contributed by atoms with Crippen LogP contribution in [-0.4, -0.2) is 19.7 Å². The van der Waals surface area contributed by atoms with E-state index in [0.717, 1.165) is 40.4 Å². The zero-order valence-electron chi connectivity index (χ0n) is 16.9. The Morgan fingerprint density at radius 2 is 1.79 bits per heavy atom. The molecule has 0 aliphatic heterocycles. The van der Waals surface area contributed by atoms with Gasteiger partial charge >= 0.3 is 5.97 Å². The van der Waals surface area contributed by atoms with E-state index in [0.29, 0.717) is 23.9 Å². The first-order chi connectivity index (χ1) is 13.4. The molecule has 0 radical (unpaired) electrons. The molecule has 2 aromatic carbocycles. The molecule has 0 saturated heterocycles. The normalized spacial score (nSPS) is 10.9. The lowest BCUT2D eigenvalue weighted by molar-refractivity contribution is -0.129. The van der Waals surface area contributed by atoms with Gasteiger partial charge in [-0.15, -0.1) is 0 Å². The summed E-state index contributed by atoms with van der Waals surface area (Å²) >= 11 is 3.44. The molecule has 0 N–H and O–H groups in total. The molecular formula is C23H27BrO4. The van der Waals surface area contributed by atoms with Gasteiger partial charge in [0, 0.05) is 10.5 Å². The van der Waals surface area contributed by atoms with Gasteiger partial charge in [0.05, 0.1) is 13.7 Å². The minimum absolute atomic E-state index is 0.424. The third-order valence-electron chi connectivity index (χ3n) is 4.23. The number of methoxy groups -OCH3 is 1. The van der Waals surface area contributed by atoms with Gasteiger partial charge in [-0.2, -0.15) is 0 Å². The third kappa shape index (κ3) is 6.41. The molecule has 150 valence electrons. The number of rotatable bonds is 9. The molecule has 0 atom stereocenters. The Labute approximate surface area is 175 Å². The van der Waals surface area contributed by atoms with Crippen molar-refractivity contribution in [1.29, 1.82) is 0 Å². The summed E-state index contributed by atoms with van der Waals surface area (Å²) in [7, 11) is 1.61. The number of aryl methyl sites for hydroxylation is 2. The number of carbonyl (C=O) groups is 1. The maximum Gasteiger partial charge on any atom is 0.336 e. The molecule has 0 aliphatic carbocycles. The molecule has 0 unspecified atom stereocenters. The highest BCUT2D eigenvalue weighted by Gasteiger charge is 2.09. The summed E-state index contributed by atoms with van der Waals surface area (Å²) in [5.41, 5.74) is 2.64. The maximum absolute atomic E-state index is 12.2. The SMILES string of the molecule is CCCCCOc1ccc(/C=C/C(=O)Oc2c(C)cc(Br)cc2C)cc1OC. The van der Waals surface area contributed by atoms with Crippen molar-refractivity contribution >= 4 is 28.0 Å². The number of esters is 1. The standard InChI is InChI=1S/C23H27BrO4/c1-5-6-7-12-27-20-10-8-18(15-21(20)26-4)9-11-22(25)28-23-16(2)13-19(24)14-17(23)3/h8-11,13-15H,5-7,12H2,1-4H3/b11-9+. The van der Waals surface area contributed by atoms with Crippen molar-refractivity contribution in [3.05, 3.63) is 57.6 Å². The van der Waals surface area contributed by atoms with E-state index in [9.17, 15) is 4.79 Å². The van der Waals surface area contributed by atoms with Gasteiger partial charge in [0.1, 0.15) is 5.75 Å². The highest BCUT2D eigenvalue weighted by molar-refractivity contribution is 9.10. The average Bonchev–Trinajstić information content (AvgIpc) is 2.66. The van der Waals surface area contributed by atoms with Crippen LogP contribution in [0.1, 0.15) is 42.9 Å². The molecule has 0 heterocycles. The summed E-state index contributed by atoms with van der Waals surface area (Å²) in [5.74, 6) is 1.52. The molecular weight excluding hydrogens is 420 g/mol. The Morgan fingerprint density at radius 3 is 2.43 bits per heavy atom. The molecule has 0 spiro atoms. The summed E-state index contributed by atoms with van der Waals surface area (Å²) in [6.45, 7) is 6.64. The van der Waals surface area contributed by atoms with Crippen LogP contribution >= 0.6 is 15.9 Å².